The number of carbonyl (C=O) groups excluding carboxylic acids is 1. The molecule has 1 aromatic carbocycles. The second kappa shape index (κ2) is 7.42. The van der Waals surface area contributed by atoms with E-state index in [0.717, 1.165) is 18.2 Å². The van der Waals surface area contributed by atoms with Crippen molar-refractivity contribution in [3.8, 4) is 11.3 Å². The van der Waals surface area contributed by atoms with Crippen LogP contribution in [0.3, 0.4) is 0 Å². The van der Waals surface area contributed by atoms with E-state index in [0.29, 0.717) is 34.9 Å². The highest BCUT2D eigenvalue weighted by Gasteiger charge is 2.29. The topological polar surface area (TPSA) is 88.4 Å². The van der Waals surface area contributed by atoms with Crippen molar-refractivity contribution < 1.29 is 17.6 Å². The van der Waals surface area contributed by atoms with Crippen molar-refractivity contribution >= 4 is 27.5 Å². The Hall–Kier alpha value is -1.83. The first-order chi connectivity index (χ1) is 12.2. The van der Waals surface area contributed by atoms with Gasteiger partial charge < -0.3 is 9.73 Å². The number of hydrogen-bond acceptors (Lipinski definition) is 4. The summed E-state index contributed by atoms with van der Waals surface area (Å²) in [7, 11) is -3.24. The van der Waals surface area contributed by atoms with Gasteiger partial charge in [0.1, 0.15) is 11.5 Å². The van der Waals surface area contributed by atoms with Crippen molar-refractivity contribution in [2.24, 2.45) is 0 Å². The number of aryl methyl sites for hydroxylation is 1. The van der Waals surface area contributed by atoms with Gasteiger partial charge in [-0.2, -0.15) is 0 Å². The Balaban J connectivity index is 1.69. The molecule has 1 amide bonds. The van der Waals surface area contributed by atoms with Crippen LogP contribution in [0.5, 0.6) is 0 Å². The molecule has 6 nitrogen and oxygen atoms in total. The number of amides is 1. The lowest BCUT2D eigenvalue weighted by Gasteiger charge is -2.13. The van der Waals surface area contributed by atoms with E-state index in [1.807, 2.05) is 18.2 Å². The number of carbonyl (C=O) groups is 1. The van der Waals surface area contributed by atoms with Crippen molar-refractivity contribution in [1.82, 2.24) is 10.0 Å². The van der Waals surface area contributed by atoms with Gasteiger partial charge in [0.25, 0.3) is 5.91 Å². The maximum absolute atomic E-state index is 12.6. The van der Waals surface area contributed by atoms with Crippen LogP contribution in [-0.2, 0) is 10.0 Å². The van der Waals surface area contributed by atoms with Gasteiger partial charge in [0.15, 0.2) is 0 Å². The fourth-order valence-electron chi connectivity index (χ4n) is 3.29. The first-order valence-corrected chi connectivity index (χ1v) is 10.6. The fourth-order valence-corrected chi connectivity index (χ4v) is 4.34. The first kappa shape index (κ1) is 18.9. The molecule has 2 aromatic rings. The van der Waals surface area contributed by atoms with Crippen LogP contribution in [0.15, 0.2) is 34.7 Å². The van der Waals surface area contributed by atoms with Gasteiger partial charge in [0, 0.05) is 17.6 Å². The molecule has 0 unspecified atom stereocenters. The molecular formula is C18H21ClN2O4S. The lowest BCUT2D eigenvalue weighted by molar-refractivity contribution is 0.0936. The van der Waals surface area contributed by atoms with Crippen molar-refractivity contribution in [2.75, 3.05) is 6.26 Å². The monoisotopic (exact) mass is 396 g/mol. The quantitative estimate of drug-likeness (QED) is 0.812. The van der Waals surface area contributed by atoms with Gasteiger partial charge in [-0.05, 0) is 44.4 Å². The van der Waals surface area contributed by atoms with Crippen LogP contribution in [0.25, 0.3) is 11.3 Å². The summed E-state index contributed by atoms with van der Waals surface area (Å²) in [5.41, 5.74) is 1.19. The Labute approximate surface area is 158 Å². The number of sulfonamides is 1. The van der Waals surface area contributed by atoms with E-state index in [-0.39, 0.29) is 18.0 Å². The highest BCUT2D eigenvalue weighted by Crippen LogP contribution is 2.31. The number of benzene rings is 1. The summed E-state index contributed by atoms with van der Waals surface area (Å²) < 4.78 is 31.0. The third-order valence-corrected chi connectivity index (χ3v) is 5.54. The fraction of sp³-hybridized carbons (Fsp3) is 0.389. The Morgan fingerprint density at radius 1 is 1.23 bits per heavy atom. The van der Waals surface area contributed by atoms with Gasteiger partial charge in [-0.15, -0.1) is 0 Å². The van der Waals surface area contributed by atoms with E-state index in [9.17, 15) is 13.2 Å². The molecule has 1 aliphatic carbocycles. The molecular weight excluding hydrogens is 376 g/mol. The summed E-state index contributed by atoms with van der Waals surface area (Å²) in [4.78, 5) is 12.6. The van der Waals surface area contributed by atoms with Crippen molar-refractivity contribution in [3.05, 3.63) is 46.7 Å². The van der Waals surface area contributed by atoms with Crippen LogP contribution in [0.4, 0.5) is 0 Å². The maximum Gasteiger partial charge on any atom is 0.255 e. The second-order valence-electron chi connectivity index (χ2n) is 6.63. The van der Waals surface area contributed by atoms with Crippen molar-refractivity contribution in [3.63, 3.8) is 0 Å². The molecule has 0 radical (unpaired) electrons. The third-order valence-electron chi connectivity index (χ3n) is 4.45. The Kier molecular flexibility index (Phi) is 5.41. The maximum atomic E-state index is 12.6. The predicted molar refractivity (Wildman–Crippen MR) is 101 cm³/mol. The molecule has 0 saturated heterocycles. The number of halogens is 1. The molecule has 1 fully saturated rings. The van der Waals surface area contributed by atoms with Crippen molar-refractivity contribution in [1.29, 1.82) is 0 Å². The third kappa shape index (κ3) is 4.47. The van der Waals surface area contributed by atoms with E-state index in [4.69, 9.17) is 16.0 Å². The van der Waals surface area contributed by atoms with Crippen LogP contribution < -0.4 is 10.0 Å². The molecule has 1 saturated carbocycles. The molecule has 1 heterocycles. The first-order valence-electron chi connectivity index (χ1n) is 8.36. The summed E-state index contributed by atoms with van der Waals surface area (Å²) in [6.07, 6.45) is 3.15. The van der Waals surface area contributed by atoms with E-state index >= 15 is 0 Å². The van der Waals surface area contributed by atoms with Crippen LogP contribution in [0.1, 0.15) is 35.4 Å². The lowest BCUT2D eigenvalue weighted by atomic mass is 10.1. The van der Waals surface area contributed by atoms with Crippen molar-refractivity contribution in [2.45, 2.75) is 38.3 Å². The zero-order chi connectivity index (χ0) is 18.9. The van der Waals surface area contributed by atoms with E-state index < -0.39 is 10.0 Å². The largest absolute Gasteiger partial charge is 0.460 e. The highest BCUT2D eigenvalue weighted by atomic mass is 35.5. The minimum Gasteiger partial charge on any atom is -0.460 e. The van der Waals surface area contributed by atoms with Crippen LogP contribution in [-0.4, -0.2) is 32.7 Å². The molecule has 3 rings (SSSR count). The number of nitrogens with one attached hydrogen (secondary N) is 2. The molecule has 8 heteroatoms. The van der Waals surface area contributed by atoms with Gasteiger partial charge >= 0.3 is 0 Å². The Morgan fingerprint density at radius 3 is 2.62 bits per heavy atom. The summed E-state index contributed by atoms with van der Waals surface area (Å²) in [5.74, 6) is 0.831. The van der Waals surface area contributed by atoms with Crippen LogP contribution >= 0.6 is 11.6 Å². The van der Waals surface area contributed by atoms with Crippen LogP contribution in [0.2, 0.25) is 5.02 Å². The van der Waals surface area contributed by atoms with Gasteiger partial charge in [0.05, 0.1) is 16.8 Å². The van der Waals surface area contributed by atoms with Gasteiger partial charge in [0.2, 0.25) is 10.0 Å². The standard InChI is InChI=1S/C18H21ClN2O4S/c1-11-15(10-17(25-11)14-5-3-4-6-16(14)19)18(22)20-12-7-8-13(9-12)21-26(2,23)24/h3-6,10,12-13,21H,7-9H2,1-2H3,(H,20,22)/t12-,13+/m1/s1. The molecule has 26 heavy (non-hydrogen) atoms. The Bertz CT molecular complexity index is 923. The van der Waals surface area contributed by atoms with E-state index in [1.54, 1.807) is 19.1 Å². The number of hydrogen-bond donors (Lipinski definition) is 2. The van der Waals surface area contributed by atoms with Crippen LogP contribution in [0, 0.1) is 6.92 Å². The van der Waals surface area contributed by atoms with E-state index in [2.05, 4.69) is 10.0 Å². The molecule has 0 spiro atoms. The molecule has 0 aliphatic heterocycles. The van der Waals surface area contributed by atoms with Gasteiger partial charge in [-0.3, -0.25) is 4.79 Å². The highest BCUT2D eigenvalue weighted by molar-refractivity contribution is 7.88. The normalized spacial score (nSPS) is 20.3. The van der Waals surface area contributed by atoms with Gasteiger partial charge in [-0.25, -0.2) is 13.1 Å². The minimum atomic E-state index is -3.24. The second-order valence-corrected chi connectivity index (χ2v) is 8.82. The molecule has 140 valence electrons. The SMILES string of the molecule is Cc1oc(-c2ccccc2Cl)cc1C(=O)N[C@@H]1CC[C@H](NS(C)(=O)=O)C1. The zero-order valence-electron chi connectivity index (χ0n) is 14.6. The average molecular weight is 397 g/mol. The molecule has 1 aliphatic rings. The number of rotatable bonds is 5. The van der Waals surface area contributed by atoms with E-state index in [1.165, 1.54) is 0 Å². The van der Waals surface area contributed by atoms with Gasteiger partial charge in [-0.1, -0.05) is 23.7 Å². The predicted octanol–water partition coefficient (Wildman–Crippen LogP) is 3.11. The summed E-state index contributed by atoms with van der Waals surface area (Å²) in [6, 6.07) is 8.76. The average Bonchev–Trinajstić information content (AvgIpc) is 3.12. The smallest absolute Gasteiger partial charge is 0.255 e. The summed E-state index contributed by atoms with van der Waals surface area (Å²) >= 11 is 6.19. The molecule has 2 N–H and O–H groups in total. The molecule has 0 bridgehead atoms. The minimum absolute atomic E-state index is 0.0696. The lowest BCUT2D eigenvalue weighted by Crippen LogP contribution is -2.36. The zero-order valence-corrected chi connectivity index (χ0v) is 16.2. The summed E-state index contributed by atoms with van der Waals surface area (Å²) in [5, 5.41) is 3.52. The summed E-state index contributed by atoms with van der Waals surface area (Å²) in [6.45, 7) is 1.73. The Morgan fingerprint density at radius 2 is 1.92 bits per heavy atom. The molecule has 2 atom stereocenters. The number of furan rings is 1. The molecule has 1 aromatic heterocycles.